The van der Waals surface area contributed by atoms with E-state index in [1.54, 1.807) is 11.0 Å². The molecule has 0 spiro atoms. The summed E-state index contributed by atoms with van der Waals surface area (Å²) in [7, 11) is 0. The van der Waals surface area contributed by atoms with Gasteiger partial charge in [-0.2, -0.15) is 0 Å². The molecule has 2 aliphatic carbocycles. The minimum Gasteiger partial charge on any atom is -0.395 e. The van der Waals surface area contributed by atoms with Gasteiger partial charge < -0.3 is 15.3 Å². The third-order valence-corrected chi connectivity index (χ3v) is 4.10. The summed E-state index contributed by atoms with van der Waals surface area (Å²) in [5, 5.41) is 12.0. The van der Waals surface area contributed by atoms with E-state index in [9.17, 15) is 9.18 Å². The quantitative estimate of drug-likeness (QED) is 0.885. The molecule has 20 heavy (non-hydrogen) atoms. The van der Waals surface area contributed by atoms with Crippen LogP contribution in [0.1, 0.15) is 36.4 Å². The Hall–Kier alpha value is -1.62. The van der Waals surface area contributed by atoms with Crippen molar-refractivity contribution in [3.05, 3.63) is 35.1 Å². The maximum Gasteiger partial charge on any atom is 0.318 e. The van der Waals surface area contributed by atoms with Gasteiger partial charge in [0.2, 0.25) is 0 Å². The molecule has 1 fully saturated rings. The first-order valence-electron chi connectivity index (χ1n) is 7.16. The predicted molar refractivity (Wildman–Crippen MR) is 72.8 cm³/mol. The summed E-state index contributed by atoms with van der Waals surface area (Å²) in [5.41, 5.74) is 1.61. The molecule has 0 heterocycles. The van der Waals surface area contributed by atoms with Crippen molar-refractivity contribution in [1.29, 1.82) is 0 Å². The molecule has 3 rings (SSSR count). The number of fused-ring (bicyclic) bond motifs is 1. The Bertz CT molecular complexity index is 517. The number of aliphatic hydroxyl groups is 1. The monoisotopic (exact) mass is 278 g/mol. The number of halogens is 1. The van der Waals surface area contributed by atoms with E-state index in [1.807, 2.05) is 6.07 Å². The van der Waals surface area contributed by atoms with Gasteiger partial charge in [0.15, 0.2) is 0 Å². The molecule has 1 aromatic carbocycles. The second-order valence-electron chi connectivity index (χ2n) is 5.50. The number of carbonyl (C=O) groups excluding carboxylic acids is 1. The second kappa shape index (κ2) is 5.40. The summed E-state index contributed by atoms with van der Waals surface area (Å²) in [5.74, 6) is -0.186. The molecule has 1 aromatic rings. The summed E-state index contributed by atoms with van der Waals surface area (Å²) in [6.07, 6.45) is 3.41. The van der Waals surface area contributed by atoms with Gasteiger partial charge >= 0.3 is 6.03 Å². The number of nitrogens with one attached hydrogen (secondary N) is 1. The lowest BCUT2D eigenvalue weighted by atomic mass is 10.1. The number of urea groups is 1. The molecule has 4 nitrogen and oxygen atoms in total. The van der Waals surface area contributed by atoms with Crippen molar-refractivity contribution in [2.75, 3.05) is 13.2 Å². The van der Waals surface area contributed by atoms with Crippen molar-refractivity contribution in [2.24, 2.45) is 0 Å². The summed E-state index contributed by atoms with van der Waals surface area (Å²) in [4.78, 5) is 14.0. The second-order valence-corrected chi connectivity index (χ2v) is 5.50. The Labute approximate surface area is 117 Å². The minimum atomic E-state index is -0.186. The molecule has 0 aromatic heterocycles. The van der Waals surface area contributed by atoms with E-state index in [2.05, 4.69) is 5.32 Å². The molecule has 0 radical (unpaired) electrons. The Kier molecular flexibility index (Phi) is 3.61. The van der Waals surface area contributed by atoms with Crippen molar-refractivity contribution in [2.45, 2.75) is 37.8 Å². The van der Waals surface area contributed by atoms with Gasteiger partial charge in [0.05, 0.1) is 12.6 Å². The summed E-state index contributed by atoms with van der Waals surface area (Å²) in [6, 6.07) is 5.02. The Morgan fingerprint density at radius 1 is 1.40 bits per heavy atom. The summed E-state index contributed by atoms with van der Waals surface area (Å²) >= 11 is 0. The van der Waals surface area contributed by atoms with E-state index in [0.717, 1.165) is 30.4 Å². The molecule has 5 heteroatoms. The van der Waals surface area contributed by atoms with Gasteiger partial charge in [0.1, 0.15) is 5.82 Å². The SMILES string of the molecule is O=C(NC1CCc2c(F)cccc21)N(CCO)C1CC1. The van der Waals surface area contributed by atoms with Crippen LogP contribution in [0, 0.1) is 5.82 Å². The Balaban J connectivity index is 1.70. The number of hydrogen-bond acceptors (Lipinski definition) is 2. The van der Waals surface area contributed by atoms with Crippen molar-refractivity contribution in [1.82, 2.24) is 10.2 Å². The van der Waals surface area contributed by atoms with Crippen LogP contribution in [0.2, 0.25) is 0 Å². The molecule has 0 bridgehead atoms. The largest absolute Gasteiger partial charge is 0.395 e. The van der Waals surface area contributed by atoms with E-state index in [4.69, 9.17) is 5.11 Å². The van der Waals surface area contributed by atoms with Crippen molar-refractivity contribution in [3.8, 4) is 0 Å². The molecule has 2 amide bonds. The smallest absolute Gasteiger partial charge is 0.318 e. The molecule has 0 saturated heterocycles. The Morgan fingerprint density at radius 3 is 2.90 bits per heavy atom. The lowest BCUT2D eigenvalue weighted by molar-refractivity contribution is 0.170. The zero-order valence-electron chi connectivity index (χ0n) is 11.3. The molecule has 2 aliphatic rings. The molecule has 108 valence electrons. The first-order chi connectivity index (χ1) is 9.70. The number of amides is 2. The van der Waals surface area contributed by atoms with E-state index in [1.165, 1.54) is 6.07 Å². The lowest BCUT2D eigenvalue weighted by Gasteiger charge is -2.24. The average molecular weight is 278 g/mol. The van der Waals surface area contributed by atoms with E-state index >= 15 is 0 Å². The van der Waals surface area contributed by atoms with E-state index < -0.39 is 0 Å². The normalized spacial score (nSPS) is 20.6. The van der Waals surface area contributed by atoms with Gasteiger partial charge in [-0.1, -0.05) is 12.1 Å². The standard InChI is InChI=1S/C15H19FN2O2/c16-13-3-1-2-12-11(13)6-7-14(12)17-15(20)18(8-9-19)10-4-5-10/h1-3,10,14,19H,4-9H2,(H,17,20). The summed E-state index contributed by atoms with van der Waals surface area (Å²) < 4.78 is 13.7. The number of carbonyl (C=O) groups is 1. The van der Waals surface area contributed by atoms with Gasteiger partial charge in [0.25, 0.3) is 0 Å². The summed E-state index contributed by atoms with van der Waals surface area (Å²) in [6.45, 7) is 0.332. The van der Waals surface area contributed by atoms with Crippen molar-refractivity contribution < 1.29 is 14.3 Å². The highest BCUT2D eigenvalue weighted by Gasteiger charge is 2.34. The van der Waals surface area contributed by atoms with E-state index in [0.29, 0.717) is 13.0 Å². The van der Waals surface area contributed by atoms with Crippen LogP contribution in [0.4, 0.5) is 9.18 Å². The average Bonchev–Trinajstić information content (AvgIpc) is 3.19. The highest BCUT2D eigenvalue weighted by atomic mass is 19.1. The predicted octanol–water partition coefficient (Wildman–Crippen LogP) is 1.98. The van der Waals surface area contributed by atoms with Crippen LogP contribution >= 0.6 is 0 Å². The molecule has 0 aliphatic heterocycles. The number of rotatable bonds is 4. The van der Waals surface area contributed by atoms with Crippen LogP contribution in [0.5, 0.6) is 0 Å². The zero-order chi connectivity index (χ0) is 14.1. The zero-order valence-corrected chi connectivity index (χ0v) is 11.3. The van der Waals surface area contributed by atoms with Crippen LogP contribution in [-0.2, 0) is 6.42 Å². The van der Waals surface area contributed by atoms with Crippen LogP contribution < -0.4 is 5.32 Å². The van der Waals surface area contributed by atoms with Gasteiger partial charge in [-0.25, -0.2) is 9.18 Å². The fourth-order valence-corrected chi connectivity index (χ4v) is 2.94. The fraction of sp³-hybridized carbons (Fsp3) is 0.533. The molecule has 2 N–H and O–H groups in total. The minimum absolute atomic E-state index is 0.0280. The van der Waals surface area contributed by atoms with Crippen LogP contribution in [0.3, 0.4) is 0 Å². The Morgan fingerprint density at radius 2 is 2.20 bits per heavy atom. The number of nitrogens with zero attached hydrogens (tertiary/aromatic N) is 1. The third-order valence-electron chi connectivity index (χ3n) is 4.10. The van der Waals surface area contributed by atoms with Crippen molar-refractivity contribution >= 4 is 6.03 Å². The maximum absolute atomic E-state index is 13.7. The van der Waals surface area contributed by atoms with Gasteiger partial charge in [-0.3, -0.25) is 0 Å². The highest BCUT2D eigenvalue weighted by molar-refractivity contribution is 5.75. The van der Waals surface area contributed by atoms with Crippen LogP contribution in [0.15, 0.2) is 18.2 Å². The third kappa shape index (κ3) is 2.50. The van der Waals surface area contributed by atoms with Gasteiger partial charge in [-0.05, 0) is 42.9 Å². The first-order valence-corrected chi connectivity index (χ1v) is 7.16. The van der Waals surface area contributed by atoms with Crippen LogP contribution in [0.25, 0.3) is 0 Å². The fourth-order valence-electron chi connectivity index (χ4n) is 2.94. The lowest BCUT2D eigenvalue weighted by Crippen LogP contribution is -2.43. The number of aliphatic hydroxyl groups excluding tert-OH is 1. The molecular formula is C15H19FN2O2. The maximum atomic E-state index is 13.7. The van der Waals surface area contributed by atoms with Crippen LogP contribution in [-0.4, -0.2) is 35.2 Å². The molecule has 1 unspecified atom stereocenters. The first kappa shape index (κ1) is 13.4. The number of benzene rings is 1. The molecular weight excluding hydrogens is 259 g/mol. The molecule has 1 atom stereocenters. The van der Waals surface area contributed by atoms with Gasteiger partial charge in [-0.15, -0.1) is 0 Å². The number of hydrogen-bond donors (Lipinski definition) is 2. The highest BCUT2D eigenvalue weighted by Crippen LogP contribution is 2.33. The van der Waals surface area contributed by atoms with E-state index in [-0.39, 0.29) is 30.5 Å². The van der Waals surface area contributed by atoms with Gasteiger partial charge in [0, 0.05) is 12.6 Å². The molecule has 1 saturated carbocycles. The topological polar surface area (TPSA) is 52.6 Å². The van der Waals surface area contributed by atoms with Crippen molar-refractivity contribution in [3.63, 3.8) is 0 Å².